The van der Waals surface area contributed by atoms with E-state index in [9.17, 15) is 4.79 Å². The van der Waals surface area contributed by atoms with E-state index in [1.807, 2.05) is 20.8 Å². The summed E-state index contributed by atoms with van der Waals surface area (Å²) in [5.41, 5.74) is 5.46. The van der Waals surface area contributed by atoms with Crippen LogP contribution in [0.15, 0.2) is 0 Å². The molecule has 1 fully saturated rings. The number of amides is 1. The van der Waals surface area contributed by atoms with Gasteiger partial charge in [0.15, 0.2) is 0 Å². The number of nitrogens with two attached hydrogens (primary N) is 1. The molecule has 1 amide bonds. The largest absolute Gasteiger partial charge is 0.444 e. The first-order valence-corrected chi connectivity index (χ1v) is 7.80. The fourth-order valence-corrected chi connectivity index (χ4v) is 2.40. The van der Waals surface area contributed by atoms with E-state index in [0.717, 1.165) is 19.4 Å². The molecule has 0 heterocycles. The molecule has 3 N–H and O–H groups in total. The van der Waals surface area contributed by atoms with Gasteiger partial charge in [0.1, 0.15) is 5.60 Å². The standard InChI is InChI=1S/C15H31N3O2/c1-5-10-18(12-6-7-12)13(11-16)8-9-17-14(19)20-15(2,3)4/h12-13H,5-11,16H2,1-4H3,(H,17,19). The molecule has 20 heavy (non-hydrogen) atoms. The summed E-state index contributed by atoms with van der Waals surface area (Å²) in [7, 11) is 0. The molecule has 1 atom stereocenters. The first-order chi connectivity index (χ1) is 9.37. The van der Waals surface area contributed by atoms with Crippen LogP contribution in [-0.4, -0.2) is 48.3 Å². The molecule has 1 aliphatic rings. The van der Waals surface area contributed by atoms with Crippen LogP contribution in [0, 0.1) is 0 Å². The lowest BCUT2D eigenvalue weighted by Gasteiger charge is -2.31. The zero-order valence-corrected chi connectivity index (χ0v) is 13.4. The Hall–Kier alpha value is -0.810. The molecular formula is C15H31N3O2. The van der Waals surface area contributed by atoms with Crippen molar-refractivity contribution >= 4 is 6.09 Å². The van der Waals surface area contributed by atoms with Gasteiger partial charge < -0.3 is 15.8 Å². The molecule has 1 saturated carbocycles. The minimum atomic E-state index is -0.445. The van der Waals surface area contributed by atoms with Crippen molar-refractivity contribution in [3.05, 3.63) is 0 Å². The van der Waals surface area contributed by atoms with Crippen molar-refractivity contribution in [3.8, 4) is 0 Å². The van der Waals surface area contributed by atoms with Gasteiger partial charge in [-0.25, -0.2) is 4.79 Å². The molecule has 0 radical (unpaired) electrons. The van der Waals surface area contributed by atoms with Crippen LogP contribution in [0.3, 0.4) is 0 Å². The van der Waals surface area contributed by atoms with Gasteiger partial charge in [0.05, 0.1) is 0 Å². The number of hydrogen-bond acceptors (Lipinski definition) is 4. The lowest BCUT2D eigenvalue weighted by Crippen LogP contribution is -2.44. The SMILES string of the molecule is CCCN(C(CN)CCNC(=O)OC(C)(C)C)C1CC1. The van der Waals surface area contributed by atoms with Crippen LogP contribution < -0.4 is 11.1 Å². The predicted molar refractivity (Wildman–Crippen MR) is 81.7 cm³/mol. The monoisotopic (exact) mass is 285 g/mol. The Labute approximate surface area is 123 Å². The molecule has 0 saturated heterocycles. The van der Waals surface area contributed by atoms with E-state index < -0.39 is 5.60 Å². The van der Waals surface area contributed by atoms with Crippen molar-refractivity contribution in [2.24, 2.45) is 5.73 Å². The molecular weight excluding hydrogens is 254 g/mol. The Bertz CT molecular complexity index is 298. The van der Waals surface area contributed by atoms with Crippen molar-refractivity contribution in [3.63, 3.8) is 0 Å². The van der Waals surface area contributed by atoms with Gasteiger partial charge in [-0.2, -0.15) is 0 Å². The molecule has 1 rings (SSSR count). The number of alkyl carbamates (subject to hydrolysis) is 1. The van der Waals surface area contributed by atoms with E-state index in [2.05, 4.69) is 17.1 Å². The highest BCUT2D eigenvalue weighted by molar-refractivity contribution is 5.67. The van der Waals surface area contributed by atoms with E-state index in [4.69, 9.17) is 10.5 Å². The Morgan fingerprint density at radius 2 is 2.10 bits per heavy atom. The summed E-state index contributed by atoms with van der Waals surface area (Å²) < 4.78 is 5.23. The highest BCUT2D eigenvalue weighted by atomic mass is 16.6. The van der Waals surface area contributed by atoms with Gasteiger partial charge >= 0.3 is 6.09 Å². The maximum atomic E-state index is 11.6. The van der Waals surface area contributed by atoms with Crippen molar-refractivity contribution in [2.45, 2.75) is 71.1 Å². The maximum Gasteiger partial charge on any atom is 0.407 e. The van der Waals surface area contributed by atoms with Gasteiger partial charge in [0, 0.05) is 25.2 Å². The first-order valence-electron chi connectivity index (χ1n) is 7.80. The average Bonchev–Trinajstić information content (AvgIpc) is 3.14. The molecule has 1 aliphatic carbocycles. The molecule has 0 spiro atoms. The topological polar surface area (TPSA) is 67.6 Å². The number of nitrogens with zero attached hydrogens (tertiary/aromatic N) is 1. The second-order valence-corrected chi connectivity index (χ2v) is 6.58. The van der Waals surface area contributed by atoms with Crippen molar-refractivity contribution < 1.29 is 9.53 Å². The lowest BCUT2D eigenvalue weighted by atomic mass is 10.1. The van der Waals surface area contributed by atoms with E-state index in [0.29, 0.717) is 25.2 Å². The fourth-order valence-electron chi connectivity index (χ4n) is 2.40. The number of ether oxygens (including phenoxy) is 1. The van der Waals surface area contributed by atoms with E-state index in [1.54, 1.807) is 0 Å². The highest BCUT2D eigenvalue weighted by Crippen LogP contribution is 2.29. The second kappa shape index (κ2) is 7.84. The highest BCUT2D eigenvalue weighted by Gasteiger charge is 2.32. The van der Waals surface area contributed by atoms with E-state index in [1.165, 1.54) is 12.8 Å². The molecule has 0 aliphatic heterocycles. The number of carbonyl (C=O) groups is 1. The maximum absolute atomic E-state index is 11.6. The molecule has 5 nitrogen and oxygen atoms in total. The number of rotatable bonds is 8. The zero-order chi connectivity index (χ0) is 15.2. The normalized spacial score (nSPS) is 17.1. The van der Waals surface area contributed by atoms with E-state index >= 15 is 0 Å². The van der Waals surface area contributed by atoms with E-state index in [-0.39, 0.29) is 6.09 Å². The Balaban J connectivity index is 2.31. The van der Waals surface area contributed by atoms with Gasteiger partial charge in [-0.15, -0.1) is 0 Å². The second-order valence-electron chi connectivity index (χ2n) is 6.58. The summed E-state index contributed by atoms with van der Waals surface area (Å²) >= 11 is 0. The smallest absolute Gasteiger partial charge is 0.407 e. The fraction of sp³-hybridized carbons (Fsp3) is 0.933. The quantitative estimate of drug-likeness (QED) is 0.716. The predicted octanol–water partition coefficient (Wildman–Crippen LogP) is 2.10. The van der Waals surface area contributed by atoms with Gasteiger partial charge in [0.25, 0.3) is 0 Å². The molecule has 0 aromatic carbocycles. The van der Waals surface area contributed by atoms with Crippen LogP contribution in [0.25, 0.3) is 0 Å². The number of nitrogens with one attached hydrogen (secondary N) is 1. The van der Waals surface area contributed by atoms with Crippen molar-refractivity contribution in [1.82, 2.24) is 10.2 Å². The zero-order valence-electron chi connectivity index (χ0n) is 13.4. The van der Waals surface area contributed by atoms with Crippen LogP contribution in [-0.2, 0) is 4.74 Å². The third-order valence-electron chi connectivity index (χ3n) is 3.38. The number of hydrogen-bond donors (Lipinski definition) is 2. The van der Waals surface area contributed by atoms with Gasteiger partial charge in [-0.05, 0) is 53.0 Å². The molecule has 0 aromatic rings. The minimum absolute atomic E-state index is 0.346. The van der Waals surface area contributed by atoms with Gasteiger partial charge in [-0.1, -0.05) is 6.92 Å². The third-order valence-corrected chi connectivity index (χ3v) is 3.38. The van der Waals surface area contributed by atoms with Crippen molar-refractivity contribution in [2.75, 3.05) is 19.6 Å². The van der Waals surface area contributed by atoms with Crippen LogP contribution in [0.4, 0.5) is 4.79 Å². The lowest BCUT2D eigenvalue weighted by molar-refractivity contribution is 0.0521. The van der Waals surface area contributed by atoms with Crippen molar-refractivity contribution in [1.29, 1.82) is 0 Å². The van der Waals surface area contributed by atoms with Crippen LogP contribution in [0.2, 0.25) is 0 Å². The summed E-state index contributed by atoms with van der Waals surface area (Å²) in [5, 5.41) is 2.82. The molecule has 5 heteroatoms. The van der Waals surface area contributed by atoms with Gasteiger partial charge in [-0.3, -0.25) is 4.90 Å². The summed E-state index contributed by atoms with van der Waals surface area (Å²) in [6.45, 7) is 10.2. The number of carbonyl (C=O) groups excluding carboxylic acids is 1. The third kappa shape index (κ3) is 6.57. The minimum Gasteiger partial charge on any atom is -0.444 e. The average molecular weight is 285 g/mol. The Morgan fingerprint density at radius 1 is 1.45 bits per heavy atom. The van der Waals surface area contributed by atoms with Crippen LogP contribution in [0.1, 0.15) is 53.4 Å². The molecule has 0 bridgehead atoms. The molecule has 118 valence electrons. The first kappa shape index (κ1) is 17.2. The van der Waals surface area contributed by atoms with Gasteiger partial charge in [0.2, 0.25) is 0 Å². The molecule has 1 unspecified atom stereocenters. The summed E-state index contributed by atoms with van der Waals surface area (Å²) in [6.07, 6.45) is 4.26. The molecule has 0 aromatic heterocycles. The summed E-state index contributed by atoms with van der Waals surface area (Å²) in [4.78, 5) is 14.1. The van der Waals surface area contributed by atoms with Crippen LogP contribution >= 0.6 is 0 Å². The Kier molecular flexibility index (Phi) is 6.76. The Morgan fingerprint density at radius 3 is 2.55 bits per heavy atom. The summed E-state index contributed by atoms with van der Waals surface area (Å²) in [6, 6.07) is 1.07. The van der Waals surface area contributed by atoms with Crippen LogP contribution in [0.5, 0.6) is 0 Å². The summed E-state index contributed by atoms with van der Waals surface area (Å²) in [5.74, 6) is 0.